The maximum absolute atomic E-state index is 14.2. The summed E-state index contributed by atoms with van der Waals surface area (Å²) in [4.78, 5) is 38.8. The van der Waals surface area contributed by atoms with E-state index in [1.165, 1.54) is 19.1 Å². The lowest BCUT2D eigenvalue weighted by Gasteiger charge is -2.16. The number of hydrogen-bond donors (Lipinski definition) is 2. The van der Waals surface area contributed by atoms with Crippen molar-refractivity contribution in [1.82, 2.24) is 4.90 Å². The molecule has 0 saturated heterocycles. The van der Waals surface area contributed by atoms with Crippen LogP contribution in [0.2, 0.25) is 5.02 Å². The van der Waals surface area contributed by atoms with Gasteiger partial charge in [0, 0.05) is 28.9 Å². The van der Waals surface area contributed by atoms with E-state index in [1.807, 2.05) is 0 Å². The monoisotopic (exact) mass is 463 g/mol. The van der Waals surface area contributed by atoms with Crippen molar-refractivity contribution in [3.8, 4) is 0 Å². The van der Waals surface area contributed by atoms with Gasteiger partial charge in [-0.2, -0.15) is 0 Å². The highest BCUT2D eigenvalue weighted by Gasteiger charge is 2.39. The zero-order valence-corrected chi connectivity index (χ0v) is 18.3. The van der Waals surface area contributed by atoms with Gasteiger partial charge >= 0.3 is 0 Å². The quantitative estimate of drug-likeness (QED) is 0.513. The molecule has 0 unspecified atom stereocenters. The molecule has 166 valence electrons. The van der Waals surface area contributed by atoms with Gasteiger partial charge in [0.15, 0.2) is 0 Å². The second kappa shape index (κ2) is 9.26. The fraction of sp³-hybridized carbons (Fsp3) is 0.0800. The Balaban J connectivity index is 1.70. The van der Waals surface area contributed by atoms with Crippen molar-refractivity contribution >= 4 is 46.3 Å². The van der Waals surface area contributed by atoms with Gasteiger partial charge in [0.25, 0.3) is 11.8 Å². The molecule has 3 aromatic rings. The molecule has 4 rings (SSSR count). The Labute approximate surface area is 194 Å². The predicted octanol–water partition coefficient (Wildman–Crippen LogP) is 4.83. The third kappa shape index (κ3) is 4.78. The van der Waals surface area contributed by atoms with Gasteiger partial charge in [0.05, 0.1) is 12.1 Å². The average molecular weight is 464 g/mol. The van der Waals surface area contributed by atoms with E-state index in [1.54, 1.807) is 60.7 Å². The number of nitrogens with zero attached hydrogens (tertiary/aromatic N) is 1. The molecule has 1 aliphatic heterocycles. The van der Waals surface area contributed by atoms with Crippen LogP contribution in [0.1, 0.15) is 18.1 Å². The van der Waals surface area contributed by atoms with Crippen LogP contribution >= 0.6 is 11.6 Å². The van der Waals surface area contributed by atoms with Crippen LogP contribution in [0.15, 0.2) is 78.5 Å². The summed E-state index contributed by atoms with van der Waals surface area (Å²) in [6.45, 7) is 1.20. The van der Waals surface area contributed by atoms with Crippen molar-refractivity contribution in [3.63, 3.8) is 0 Å². The lowest BCUT2D eigenvalue weighted by atomic mass is 10.0. The van der Waals surface area contributed by atoms with Gasteiger partial charge in [-0.25, -0.2) is 4.39 Å². The summed E-state index contributed by atoms with van der Waals surface area (Å²) in [6.07, 6.45) is 0. The molecule has 33 heavy (non-hydrogen) atoms. The van der Waals surface area contributed by atoms with Crippen LogP contribution in [0.25, 0.3) is 5.57 Å². The van der Waals surface area contributed by atoms with Crippen LogP contribution in [0, 0.1) is 5.82 Å². The highest BCUT2D eigenvalue weighted by atomic mass is 35.5. The minimum absolute atomic E-state index is 0.0749. The van der Waals surface area contributed by atoms with Crippen molar-refractivity contribution in [2.45, 2.75) is 13.5 Å². The number of imide groups is 1. The van der Waals surface area contributed by atoms with E-state index in [4.69, 9.17) is 11.6 Å². The maximum Gasteiger partial charge on any atom is 0.278 e. The summed E-state index contributed by atoms with van der Waals surface area (Å²) < 4.78 is 14.2. The number of hydrogen-bond acceptors (Lipinski definition) is 4. The average Bonchev–Trinajstić information content (AvgIpc) is 3.01. The molecule has 1 heterocycles. The SMILES string of the molecule is CC(=O)Nc1ccc(NC2=C(c3ccc(Cl)cc3)C(=O)N(Cc3ccccc3F)C2=O)cc1. The van der Waals surface area contributed by atoms with Gasteiger partial charge in [0.1, 0.15) is 11.5 Å². The molecule has 0 aliphatic carbocycles. The van der Waals surface area contributed by atoms with Crippen LogP contribution in [0.5, 0.6) is 0 Å². The fourth-order valence-corrected chi connectivity index (χ4v) is 3.63. The van der Waals surface area contributed by atoms with E-state index in [-0.39, 0.29) is 29.3 Å². The topological polar surface area (TPSA) is 78.5 Å². The van der Waals surface area contributed by atoms with Crippen LogP contribution in [-0.2, 0) is 20.9 Å². The van der Waals surface area contributed by atoms with E-state index in [2.05, 4.69) is 10.6 Å². The highest BCUT2D eigenvalue weighted by molar-refractivity contribution is 6.36. The Kier molecular flexibility index (Phi) is 6.24. The lowest BCUT2D eigenvalue weighted by Crippen LogP contribution is -2.32. The molecule has 0 spiro atoms. The molecular weight excluding hydrogens is 445 g/mol. The van der Waals surface area contributed by atoms with Crippen LogP contribution < -0.4 is 10.6 Å². The summed E-state index contributed by atoms with van der Waals surface area (Å²) in [5.41, 5.74) is 2.11. The van der Waals surface area contributed by atoms with Gasteiger partial charge in [-0.3, -0.25) is 19.3 Å². The maximum atomic E-state index is 14.2. The predicted molar refractivity (Wildman–Crippen MR) is 125 cm³/mol. The number of rotatable bonds is 6. The Hall–Kier alpha value is -3.97. The molecule has 0 saturated carbocycles. The second-order valence-electron chi connectivity index (χ2n) is 7.43. The normalized spacial score (nSPS) is 13.5. The number of carbonyl (C=O) groups excluding carboxylic acids is 3. The zero-order valence-electron chi connectivity index (χ0n) is 17.6. The van der Waals surface area contributed by atoms with E-state index >= 15 is 0 Å². The van der Waals surface area contributed by atoms with Crippen LogP contribution in [-0.4, -0.2) is 22.6 Å². The first-order chi connectivity index (χ1) is 15.8. The molecule has 3 aromatic carbocycles. The summed E-state index contributed by atoms with van der Waals surface area (Å²) in [6, 6.07) is 19.2. The smallest absolute Gasteiger partial charge is 0.278 e. The van der Waals surface area contributed by atoms with Crippen LogP contribution in [0.4, 0.5) is 15.8 Å². The van der Waals surface area contributed by atoms with Crippen molar-refractivity contribution in [2.24, 2.45) is 0 Å². The zero-order chi connectivity index (χ0) is 23.5. The third-order valence-electron chi connectivity index (χ3n) is 5.06. The number of benzene rings is 3. The second-order valence-corrected chi connectivity index (χ2v) is 7.86. The summed E-state index contributed by atoms with van der Waals surface area (Å²) in [5.74, 6) is -1.81. The van der Waals surface area contributed by atoms with E-state index in [9.17, 15) is 18.8 Å². The highest BCUT2D eigenvalue weighted by Crippen LogP contribution is 2.32. The van der Waals surface area contributed by atoms with Gasteiger partial charge < -0.3 is 10.6 Å². The minimum Gasteiger partial charge on any atom is -0.350 e. The Morgan fingerprint density at radius 2 is 1.55 bits per heavy atom. The Morgan fingerprint density at radius 3 is 2.18 bits per heavy atom. The number of halogens is 2. The van der Waals surface area contributed by atoms with Gasteiger partial charge in [-0.05, 0) is 48.0 Å². The van der Waals surface area contributed by atoms with Crippen molar-refractivity contribution in [3.05, 3.63) is 100 Å². The third-order valence-corrected chi connectivity index (χ3v) is 5.31. The molecule has 3 amide bonds. The molecule has 1 aliphatic rings. The van der Waals surface area contributed by atoms with E-state index in [0.717, 1.165) is 4.90 Å². The summed E-state index contributed by atoms with van der Waals surface area (Å²) in [7, 11) is 0. The molecule has 6 nitrogen and oxygen atoms in total. The standard InChI is InChI=1S/C25H19ClFN3O3/c1-15(31)28-19-10-12-20(13-11-19)29-23-22(16-6-8-18(26)9-7-16)24(32)30(25(23)33)14-17-4-2-3-5-21(17)27/h2-13,29H,14H2,1H3,(H,28,31). The Bertz CT molecular complexity index is 1270. The first-order valence-electron chi connectivity index (χ1n) is 10.1. The summed E-state index contributed by atoms with van der Waals surface area (Å²) >= 11 is 5.99. The van der Waals surface area contributed by atoms with Gasteiger partial charge in [-0.1, -0.05) is 41.9 Å². The number of anilines is 2. The molecular formula is C25H19ClFN3O3. The number of nitrogens with one attached hydrogen (secondary N) is 2. The van der Waals surface area contributed by atoms with Crippen LogP contribution in [0.3, 0.4) is 0 Å². The first kappa shape index (κ1) is 22.2. The van der Waals surface area contributed by atoms with Crippen molar-refractivity contribution < 1.29 is 18.8 Å². The Morgan fingerprint density at radius 1 is 0.909 bits per heavy atom. The van der Waals surface area contributed by atoms with E-state index in [0.29, 0.717) is 22.0 Å². The largest absolute Gasteiger partial charge is 0.350 e. The molecule has 2 N–H and O–H groups in total. The van der Waals surface area contributed by atoms with Gasteiger partial charge in [-0.15, -0.1) is 0 Å². The molecule has 8 heteroatoms. The number of amides is 3. The van der Waals surface area contributed by atoms with Gasteiger partial charge in [0.2, 0.25) is 5.91 Å². The molecule has 0 radical (unpaired) electrons. The molecule has 0 fully saturated rings. The molecule has 0 atom stereocenters. The molecule has 0 aromatic heterocycles. The number of carbonyl (C=O) groups is 3. The summed E-state index contributed by atoms with van der Waals surface area (Å²) in [5, 5.41) is 6.18. The first-order valence-corrected chi connectivity index (χ1v) is 10.5. The minimum atomic E-state index is -0.570. The molecule has 0 bridgehead atoms. The lowest BCUT2D eigenvalue weighted by molar-refractivity contribution is -0.137. The fourth-order valence-electron chi connectivity index (χ4n) is 3.50. The van der Waals surface area contributed by atoms with Crippen molar-refractivity contribution in [2.75, 3.05) is 10.6 Å². The van der Waals surface area contributed by atoms with E-state index < -0.39 is 17.6 Å². The van der Waals surface area contributed by atoms with Crippen molar-refractivity contribution in [1.29, 1.82) is 0 Å².